The lowest BCUT2D eigenvalue weighted by Crippen LogP contribution is -2.41. The predicted octanol–water partition coefficient (Wildman–Crippen LogP) is 0.997. The highest BCUT2D eigenvalue weighted by Gasteiger charge is 2.32. The van der Waals surface area contributed by atoms with Crippen LogP contribution in [0.25, 0.3) is 10.9 Å². The monoisotopic (exact) mass is 347 g/mol. The van der Waals surface area contributed by atoms with Gasteiger partial charge < -0.3 is 15.8 Å². The number of nitrogens with one attached hydrogen (secondary N) is 1. The largest absolute Gasteiger partial charge is 0.480 e. The summed E-state index contributed by atoms with van der Waals surface area (Å²) in [6.07, 6.45) is 2.70. The van der Waals surface area contributed by atoms with Crippen LogP contribution in [0.3, 0.4) is 0 Å². The van der Waals surface area contributed by atoms with Gasteiger partial charge in [0.1, 0.15) is 6.04 Å². The Morgan fingerprint density at radius 3 is 2.44 bits per heavy atom. The molecule has 0 spiro atoms. The van der Waals surface area contributed by atoms with Crippen molar-refractivity contribution in [2.24, 2.45) is 11.7 Å². The summed E-state index contributed by atoms with van der Waals surface area (Å²) >= 11 is 0. The summed E-state index contributed by atoms with van der Waals surface area (Å²) in [5, 5.41) is 9.64. The van der Waals surface area contributed by atoms with Gasteiger partial charge in [0.15, 0.2) is 0 Å². The summed E-state index contributed by atoms with van der Waals surface area (Å²) in [5.74, 6) is -1.08. The number of rotatable bonds is 5. The molecule has 1 aliphatic rings. The number of nitrogens with zero attached hydrogens (tertiary/aromatic N) is 1. The van der Waals surface area contributed by atoms with Crippen molar-refractivity contribution in [1.82, 2.24) is 9.55 Å². The van der Waals surface area contributed by atoms with Crippen molar-refractivity contribution in [3.05, 3.63) is 45.1 Å². The number of H-pyrrole nitrogens is 1. The first-order valence-corrected chi connectivity index (χ1v) is 8.09. The minimum absolute atomic E-state index is 0.245. The van der Waals surface area contributed by atoms with E-state index >= 15 is 0 Å². The Morgan fingerprint density at radius 1 is 1.32 bits per heavy atom. The van der Waals surface area contributed by atoms with Gasteiger partial charge in [-0.1, -0.05) is 31.9 Å². The molecule has 1 fully saturated rings. The molecule has 8 heteroatoms. The van der Waals surface area contributed by atoms with Crippen molar-refractivity contribution in [2.45, 2.75) is 38.6 Å². The summed E-state index contributed by atoms with van der Waals surface area (Å²) in [5.41, 5.74) is 3.87. The van der Waals surface area contributed by atoms with Crippen LogP contribution in [-0.2, 0) is 9.59 Å². The number of para-hydroxylation sites is 1. The lowest BCUT2D eigenvalue weighted by atomic mass is 10.1. The number of benzene rings is 1. The molecule has 0 radical (unpaired) electrons. The standard InChI is InChI=1S/C14H14N2O4.C3H7NO/c17-12-9-3-1-2-4-10(9)15-14(20)16(12)11(13(18)19)7-8-5-6-8;1-2-3(4)5/h1-4,8,11H,5-7H2,(H,15,20)(H,18,19);2H2,1H3,(H2,4,5). The fourth-order valence-electron chi connectivity index (χ4n) is 2.45. The van der Waals surface area contributed by atoms with Crippen LogP contribution in [0, 0.1) is 5.92 Å². The third kappa shape index (κ3) is 4.56. The number of carbonyl (C=O) groups excluding carboxylic acids is 1. The second-order valence-electron chi connectivity index (χ2n) is 6.00. The van der Waals surface area contributed by atoms with E-state index in [9.17, 15) is 24.3 Å². The van der Waals surface area contributed by atoms with Crippen LogP contribution in [0.4, 0.5) is 0 Å². The number of hydrogen-bond acceptors (Lipinski definition) is 4. The van der Waals surface area contributed by atoms with Gasteiger partial charge in [-0.05, 0) is 24.5 Å². The molecule has 1 aromatic heterocycles. The zero-order valence-electron chi connectivity index (χ0n) is 13.9. The van der Waals surface area contributed by atoms with Crippen molar-refractivity contribution < 1.29 is 14.7 Å². The van der Waals surface area contributed by atoms with Gasteiger partial charge in [-0.3, -0.25) is 9.59 Å². The molecule has 1 atom stereocenters. The van der Waals surface area contributed by atoms with Gasteiger partial charge in [-0.25, -0.2) is 14.2 Å². The quantitative estimate of drug-likeness (QED) is 0.741. The molecule has 0 bridgehead atoms. The van der Waals surface area contributed by atoms with Crippen LogP contribution >= 0.6 is 0 Å². The molecule has 0 saturated heterocycles. The first-order chi connectivity index (χ1) is 11.8. The van der Waals surface area contributed by atoms with Crippen molar-refractivity contribution in [3.8, 4) is 0 Å². The smallest absolute Gasteiger partial charge is 0.329 e. The van der Waals surface area contributed by atoms with E-state index in [1.54, 1.807) is 31.2 Å². The molecule has 2 aromatic rings. The molecule has 1 saturated carbocycles. The molecule has 1 aliphatic carbocycles. The average molecular weight is 347 g/mol. The molecular weight excluding hydrogens is 326 g/mol. The van der Waals surface area contributed by atoms with Gasteiger partial charge in [-0.15, -0.1) is 0 Å². The topological polar surface area (TPSA) is 135 Å². The molecule has 1 amide bonds. The summed E-state index contributed by atoms with van der Waals surface area (Å²) in [4.78, 5) is 48.0. The van der Waals surface area contributed by atoms with Crippen LogP contribution < -0.4 is 17.0 Å². The van der Waals surface area contributed by atoms with Crippen molar-refractivity contribution in [3.63, 3.8) is 0 Å². The fraction of sp³-hybridized carbons (Fsp3) is 0.412. The zero-order valence-corrected chi connectivity index (χ0v) is 13.9. The van der Waals surface area contributed by atoms with Crippen molar-refractivity contribution in [1.29, 1.82) is 0 Å². The van der Waals surface area contributed by atoms with E-state index in [1.807, 2.05) is 0 Å². The van der Waals surface area contributed by atoms with E-state index in [2.05, 4.69) is 10.7 Å². The minimum Gasteiger partial charge on any atom is -0.480 e. The van der Waals surface area contributed by atoms with E-state index in [4.69, 9.17) is 0 Å². The van der Waals surface area contributed by atoms with E-state index < -0.39 is 23.3 Å². The summed E-state index contributed by atoms with van der Waals surface area (Å²) < 4.78 is 0.836. The Morgan fingerprint density at radius 2 is 1.92 bits per heavy atom. The molecule has 0 aliphatic heterocycles. The molecule has 25 heavy (non-hydrogen) atoms. The Kier molecular flexibility index (Phi) is 5.74. The number of nitrogens with two attached hydrogens (primary N) is 1. The number of aromatic amines is 1. The van der Waals surface area contributed by atoms with Gasteiger partial charge in [0.2, 0.25) is 5.91 Å². The molecular formula is C17H21N3O5. The van der Waals surface area contributed by atoms with Crippen molar-refractivity contribution >= 4 is 22.8 Å². The lowest BCUT2D eigenvalue weighted by Gasteiger charge is -2.14. The van der Waals surface area contributed by atoms with E-state index in [1.165, 1.54) is 0 Å². The summed E-state index contributed by atoms with van der Waals surface area (Å²) in [6.45, 7) is 1.72. The first-order valence-electron chi connectivity index (χ1n) is 8.09. The maximum absolute atomic E-state index is 12.4. The van der Waals surface area contributed by atoms with Crippen LogP contribution in [0.2, 0.25) is 0 Å². The average Bonchev–Trinajstić information content (AvgIpc) is 3.38. The molecule has 1 unspecified atom stereocenters. The Labute approximate surface area is 143 Å². The third-order valence-corrected chi connectivity index (χ3v) is 4.04. The van der Waals surface area contributed by atoms with Crippen molar-refractivity contribution in [2.75, 3.05) is 0 Å². The van der Waals surface area contributed by atoms with E-state index in [-0.39, 0.29) is 5.91 Å². The molecule has 1 heterocycles. The summed E-state index contributed by atoms with van der Waals surface area (Å²) in [7, 11) is 0. The Hall–Kier alpha value is -2.90. The summed E-state index contributed by atoms with van der Waals surface area (Å²) in [6, 6.07) is 5.51. The van der Waals surface area contributed by atoms with Crippen LogP contribution in [0.5, 0.6) is 0 Å². The number of primary amides is 1. The van der Waals surface area contributed by atoms with Gasteiger partial charge in [0, 0.05) is 6.42 Å². The second kappa shape index (κ2) is 7.78. The Bertz CT molecular complexity index is 895. The van der Waals surface area contributed by atoms with Crippen LogP contribution in [-0.4, -0.2) is 26.5 Å². The highest BCUT2D eigenvalue weighted by Crippen LogP contribution is 2.36. The SMILES string of the molecule is CCC(N)=O.O=C(O)C(CC1CC1)n1c(=O)[nH]c2ccccc2c1=O. The number of fused-ring (bicyclic) bond motifs is 1. The number of carbonyl (C=O) groups is 2. The number of aliphatic carboxylic acids is 1. The predicted molar refractivity (Wildman–Crippen MR) is 92.3 cm³/mol. The highest BCUT2D eigenvalue weighted by molar-refractivity contribution is 5.78. The zero-order chi connectivity index (χ0) is 18.6. The van der Waals surface area contributed by atoms with E-state index in [0.29, 0.717) is 29.7 Å². The number of carboxylic acid groups (broad SMARTS) is 1. The van der Waals surface area contributed by atoms with Gasteiger partial charge >= 0.3 is 11.7 Å². The van der Waals surface area contributed by atoms with E-state index in [0.717, 1.165) is 17.4 Å². The molecule has 4 N–H and O–H groups in total. The molecule has 3 rings (SSSR count). The molecule has 1 aromatic carbocycles. The minimum atomic E-state index is -1.14. The maximum atomic E-state index is 12.4. The lowest BCUT2D eigenvalue weighted by molar-refractivity contribution is -0.141. The maximum Gasteiger partial charge on any atom is 0.329 e. The fourth-order valence-corrected chi connectivity index (χ4v) is 2.45. The normalized spacial score (nSPS) is 14.4. The highest BCUT2D eigenvalue weighted by atomic mass is 16.4. The second-order valence-corrected chi connectivity index (χ2v) is 6.00. The molecule has 134 valence electrons. The van der Waals surface area contributed by atoms with Gasteiger partial charge in [0.25, 0.3) is 5.56 Å². The Balaban J connectivity index is 0.000000399. The van der Waals surface area contributed by atoms with Gasteiger partial charge in [-0.2, -0.15) is 0 Å². The number of carboxylic acids is 1. The van der Waals surface area contributed by atoms with Crippen LogP contribution in [0.15, 0.2) is 33.9 Å². The third-order valence-electron chi connectivity index (χ3n) is 4.04. The van der Waals surface area contributed by atoms with Crippen LogP contribution in [0.1, 0.15) is 38.6 Å². The number of aromatic nitrogens is 2. The van der Waals surface area contributed by atoms with Gasteiger partial charge in [0.05, 0.1) is 10.9 Å². The number of amides is 1. The first kappa shape index (κ1) is 18.4. The molecule has 8 nitrogen and oxygen atoms in total. The number of hydrogen-bond donors (Lipinski definition) is 3.